The normalized spacial score (nSPS) is 15.9. The molecular weight excluding hydrogens is 293 g/mol. The van der Waals surface area contributed by atoms with E-state index in [1.165, 1.54) is 17.7 Å². The van der Waals surface area contributed by atoms with Crippen LogP contribution >= 0.6 is 0 Å². The van der Waals surface area contributed by atoms with Gasteiger partial charge in [-0.3, -0.25) is 0 Å². The Morgan fingerprint density at radius 1 is 1.13 bits per heavy atom. The van der Waals surface area contributed by atoms with Gasteiger partial charge in [0.1, 0.15) is 5.82 Å². The molecule has 0 atom stereocenters. The lowest BCUT2D eigenvalue weighted by molar-refractivity contribution is -0.129. The molecule has 1 aliphatic rings. The summed E-state index contributed by atoms with van der Waals surface area (Å²) in [5.74, 6) is -0.356. The van der Waals surface area contributed by atoms with Crippen LogP contribution in [-0.2, 0) is 9.53 Å². The Bertz CT molecular complexity index is 804. The maximum absolute atomic E-state index is 13.3. The summed E-state index contributed by atoms with van der Waals surface area (Å²) >= 11 is 0. The van der Waals surface area contributed by atoms with E-state index in [0.29, 0.717) is 11.5 Å². The van der Waals surface area contributed by atoms with Gasteiger partial charge in [0, 0.05) is 5.56 Å². The van der Waals surface area contributed by atoms with Crippen LogP contribution < -0.4 is 0 Å². The highest BCUT2D eigenvalue weighted by molar-refractivity contribution is 6.12. The van der Waals surface area contributed by atoms with Crippen LogP contribution in [-0.4, -0.2) is 11.9 Å². The third-order valence-corrected chi connectivity index (χ3v) is 3.60. The number of carbonyl (C=O) groups excluding carboxylic acids is 1. The largest absolute Gasteiger partial charge is 0.402 e. The van der Waals surface area contributed by atoms with Gasteiger partial charge in [0.15, 0.2) is 5.70 Å². The summed E-state index contributed by atoms with van der Waals surface area (Å²) in [5, 5.41) is 0. The first-order chi connectivity index (χ1) is 11.0. The van der Waals surface area contributed by atoms with Crippen molar-refractivity contribution in [2.75, 3.05) is 0 Å². The maximum Gasteiger partial charge on any atom is 0.363 e. The first-order valence-corrected chi connectivity index (χ1v) is 7.41. The fraction of sp³-hybridized carbons (Fsp3) is 0.158. The van der Waals surface area contributed by atoms with E-state index in [4.69, 9.17) is 4.74 Å². The lowest BCUT2D eigenvalue weighted by atomic mass is 10.0. The van der Waals surface area contributed by atoms with E-state index >= 15 is 0 Å². The molecule has 3 nitrogen and oxygen atoms in total. The fourth-order valence-electron chi connectivity index (χ4n) is 2.29. The Hall–Kier alpha value is -2.75. The van der Waals surface area contributed by atoms with Gasteiger partial charge < -0.3 is 4.74 Å². The number of benzene rings is 2. The van der Waals surface area contributed by atoms with E-state index in [0.717, 1.165) is 5.56 Å². The number of rotatable bonds is 3. The Labute approximate surface area is 134 Å². The number of aliphatic imine (C=N–C) groups is 1. The minimum absolute atomic E-state index is 0.125. The molecule has 0 aromatic heterocycles. The molecule has 0 saturated heterocycles. The number of hydrogen-bond acceptors (Lipinski definition) is 3. The number of esters is 1. The minimum atomic E-state index is -0.530. The zero-order valence-electron chi connectivity index (χ0n) is 12.9. The third-order valence-electron chi connectivity index (χ3n) is 3.60. The molecule has 0 unspecified atom stereocenters. The summed E-state index contributed by atoms with van der Waals surface area (Å²) in [6.07, 6.45) is 1.67. The van der Waals surface area contributed by atoms with Gasteiger partial charge in [0.05, 0.1) is 0 Å². The van der Waals surface area contributed by atoms with Crippen LogP contribution in [0.3, 0.4) is 0 Å². The van der Waals surface area contributed by atoms with Crippen molar-refractivity contribution < 1.29 is 13.9 Å². The summed E-state index contributed by atoms with van der Waals surface area (Å²) in [7, 11) is 0. The van der Waals surface area contributed by atoms with Crippen LogP contribution in [0.15, 0.2) is 59.2 Å². The highest BCUT2D eigenvalue weighted by atomic mass is 19.1. The second-order valence-corrected chi connectivity index (χ2v) is 5.67. The molecule has 1 heterocycles. The van der Waals surface area contributed by atoms with Gasteiger partial charge in [0.25, 0.3) is 0 Å². The molecular formula is C19H16FNO2. The predicted octanol–water partition coefficient (Wildman–Crippen LogP) is 4.29. The first kappa shape index (κ1) is 15.2. The molecule has 0 bridgehead atoms. The molecule has 116 valence electrons. The van der Waals surface area contributed by atoms with Crippen molar-refractivity contribution in [3.63, 3.8) is 0 Å². The zero-order valence-corrected chi connectivity index (χ0v) is 12.9. The highest BCUT2D eigenvalue weighted by Crippen LogP contribution is 2.21. The Morgan fingerprint density at radius 2 is 1.87 bits per heavy atom. The molecule has 0 fully saturated rings. The second kappa shape index (κ2) is 6.16. The molecule has 3 rings (SSSR count). The van der Waals surface area contributed by atoms with Gasteiger partial charge in [-0.25, -0.2) is 14.2 Å². The lowest BCUT2D eigenvalue weighted by Gasteiger charge is -2.04. The summed E-state index contributed by atoms with van der Waals surface area (Å²) in [5.41, 5.74) is 2.74. The van der Waals surface area contributed by atoms with Gasteiger partial charge in [-0.15, -0.1) is 0 Å². The number of carbonyl (C=O) groups is 1. The maximum atomic E-state index is 13.3. The molecule has 0 radical (unpaired) electrons. The van der Waals surface area contributed by atoms with E-state index in [2.05, 4.69) is 18.8 Å². The summed E-state index contributed by atoms with van der Waals surface area (Å²) in [6, 6.07) is 13.7. The molecule has 0 N–H and O–H groups in total. The van der Waals surface area contributed by atoms with Crippen LogP contribution in [0, 0.1) is 5.82 Å². The van der Waals surface area contributed by atoms with Crippen LogP contribution in [0.25, 0.3) is 6.08 Å². The summed E-state index contributed by atoms with van der Waals surface area (Å²) in [6.45, 7) is 4.24. The number of nitrogens with zero attached hydrogens (tertiary/aromatic N) is 1. The van der Waals surface area contributed by atoms with E-state index in [9.17, 15) is 9.18 Å². The van der Waals surface area contributed by atoms with Gasteiger partial charge in [0.2, 0.25) is 5.90 Å². The molecule has 0 spiro atoms. The standard InChI is InChI=1S/C19H16FNO2/c1-12(2)14-8-6-13(7-9-14)10-17-19(22)23-18(21-17)15-4-3-5-16(20)11-15/h3-12H,1-2H3/b17-10-. The molecule has 2 aromatic carbocycles. The van der Waals surface area contributed by atoms with Gasteiger partial charge in [-0.1, -0.05) is 44.2 Å². The molecule has 0 aliphatic carbocycles. The van der Waals surface area contributed by atoms with Crippen molar-refractivity contribution in [3.8, 4) is 0 Å². The van der Waals surface area contributed by atoms with Crippen molar-refractivity contribution in [1.82, 2.24) is 0 Å². The molecule has 23 heavy (non-hydrogen) atoms. The van der Waals surface area contributed by atoms with Crippen LogP contribution in [0.4, 0.5) is 4.39 Å². The molecule has 0 amide bonds. The first-order valence-electron chi connectivity index (χ1n) is 7.41. The highest BCUT2D eigenvalue weighted by Gasteiger charge is 2.24. The second-order valence-electron chi connectivity index (χ2n) is 5.67. The number of halogens is 1. The quantitative estimate of drug-likeness (QED) is 0.626. The SMILES string of the molecule is CC(C)c1ccc(/C=C2\N=C(c3cccc(F)c3)OC2=O)cc1. The zero-order chi connectivity index (χ0) is 16.4. The monoisotopic (exact) mass is 309 g/mol. The van der Waals surface area contributed by atoms with E-state index < -0.39 is 11.8 Å². The number of cyclic esters (lactones) is 1. The Morgan fingerprint density at radius 3 is 2.52 bits per heavy atom. The lowest BCUT2D eigenvalue weighted by Crippen LogP contribution is -2.05. The topological polar surface area (TPSA) is 38.7 Å². The average molecular weight is 309 g/mol. The minimum Gasteiger partial charge on any atom is -0.402 e. The van der Waals surface area contributed by atoms with Crippen LogP contribution in [0.5, 0.6) is 0 Å². The molecule has 2 aromatic rings. The van der Waals surface area contributed by atoms with E-state index in [1.54, 1.807) is 18.2 Å². The fourth-order valence-corrected chi connectivity index (χ4v) is 2.29. The van der Waals surface area contributed by atoms with Crippen molar-refractivity contribution in [3.05, 3.63) is 76.7 Å². The molecule has 4 heteroatoms. The third kappa shape index (κ3) is 3.37. The molecule has 0 saturated carbocycles. The summed E-state index contributed by atoms with van der Waals surface area (Å²) < 4.78 is 18.4. The Kier molecular flexibility index (Phi) is 4.06. The number of ether oxygens (including phenoxy) is 1. The average Bonchev–Trinajstić information content (AvgIpc) is 2.89. The van der Waals surface area contributed by atoms with Gasteiger partial charge in [-0.2, -0.15) is 0 Å². The smallest absolute Gasteiger partial charge is 0.363 e. The van der Waals surface area contributed by atoms with Crippen molar-refractivity contribution >= 4 is 17.9 Å². The number of hydrogen-bond donors (Lipinski definition) is 0. The van der Waals surface area contributed by atoms with Gasteiger partial charge >= 0.3 is 5.97 Å². The van der Waals surface area contributed by atoms with Crippen molar-refractivity contribution in [2.45, 2.75) is 19.8 Å². The van der Waals surface area contributed by atoms with E-state index in [-0.39, 0.29) is 11.6 Å². The van der Waals surface area contributed by atoms with E-state index in [1.807, 2.05) is 24.3 Å². The predicted molar refractivity (Wildman–Crippen MR) is 87.5 cm³/mol. The molecule has 1 aliphatic heterocycles. The van der Waals surface area contributed by atoms with Crippen LogP contribution in [0.2, 0.25) is 0 Å². The van der Waals surface area contributed by atoms with Crippen LogP contribution in [0.1, 0.15) is 36.5 Å². The Balaban J connectivity index is 1.88. The summed E-state index contributed by atoms with van der Waals surface area (Å²) in [4.78, 5) is 16.1. The van der Waals surface area contributed by atoms with Gasteiger partial charge in [-0.05, 0) is 41.3 Å². The van der Waals surface area contributed by atoms with Crippen molar-refractivity contribution in [1.29, 1.82) is 0 Å². The van der Waals surface area contributed by atoms with Crippen molar-refractivity contribution in [2.24, 2.45) is 4.99 Å².